The molecule has 6 heteroatoms. The molecule has 35 heavy (non-hydrogen) atoms. The van der Waals surface area contributed by atoms with Crippen LogP contribution in [-0.4, -0.2) is 31.0 Å². The van der Waals surface area contributed by atoms with Gasteiger partial charge in [-0.15, -0.1) is 0 Å². The fourth-order valence-electron chi connectivity index (χ4n) is 4.62. The van der Waals surface area contributed by atoms with Crippen molar-refractivity contribution in [1.82, 2.24) is 5.01 Å². The van der Waals surface area contributed by atoms with E-state index in [4.69, 9.17) is 24.0 Å². The molecule has 0 saturated carbocycles. The van der Waals surface area contributed by atoms with Crippen LogP contribution in [0.25, 0.3) is 0 Å². The Morgan fingerprint density at radius 1 is 0.971 bits per heavy atom. The average molecular weight is 473 g/mol. The van der Waals surface area contributed by atoms with Gasteiger partial charge in [-0.05, 0) is 67.4 Å². The lowest BCUT2D eigenvalue weighted by Gasteiger charge is -2.38. The third kappa shape index (κ3) is 4.65. The lowest BCUT2D eigenvalue weighted by atomic mass is 9.96. The Hall–Kier alpha value is -3.67. The lowest BCUT2D eigenvalue weighted by molar-refractivity contribution is -0.0191. The molecule has 0 saturated heterocycles. The zero-order valence-corrected chi connectivity index (χ0v) is 20.6. The number of benzene rings is 3. The van der Waals surface area contributed by atoms with Crippen LogP contribution in [0.15, 0.2) is 71.8 Å². The molecule has 0 bridgehead atoms. The van der Waals surface area contributed by atoms with Gasteiger partial charge in [0, 0.05) is 17.5 Å². The predicted molar refractivity (Wildman–Crippen MR) is 137 cm³/mol. The minimum absolute atomic E-state index is 0.0954. The first kappa shape index (κ1) is 23.1. The van der Waals surface area contributed by atoms with Crippen molar-refractivity contribution in [3.63, 3.8) is 0 Å². The normalized spacial score (nSPS) is 18.3. The molecular weight excluding hydrogens is 440 g/mol. The Labute approximate surface area is 207 Å². The highest BCUT2D eigenvalue weighted by molar-refractivity contribution is 6.02. The topological polar surface area (TPSA) is 52.5 Å². The van der Waals surface area contributed by atoms with Crippen LogP contribution < -0.4 is 18.9 Å². The van der Waals surface area contributed by atoms with Gasteiger partial charge in [-0.1, -0.05) is 31.5 Å². The van der Waals surface area contributed by atoms with E-state index >= 15 is 0 Å². The molecular formula is C29H32N2O4. The van der Waals surface area contributed by atoms with Crippen molar-refractivity contribution in [2.75, 3.05) is 20.3 Å². The highest BCUT2D eigenvalue weighted by atomic mass is 16.5. The van der Waals surface area contributed by atoms with Crippen LogP contribution in [0.3, 0.4) is 0 Å². The maximum absolute atomic E-state index is 6.51. The van der Waals surface area contributed by atoms with E-state index in [1.807, 2.05) is 49.4 Å². The molecule has 6 nitrogen and oxygen atoms in total. The molecule has 3 aromatic rings. The number of unbranched alkanes of at least 4 members (excludes halogenated alkanes) is 1. The van der Waals surface area contributed by atoms with E-state index in [1.54, 1.807) is 7.11 Å². The van der Waals surface area contributed by atoms with Crippen LogP contribution in [0.5, 0.6) is 23.0 Å². The smallest absolute Gasteiger partial charge is 0.214 e. The summed E-state index contributed by atoms with van der Waals surface area (Å²) in [6.07, 6.45) is 2.53. The minimum Gasteiger partial charge on any atom is -0.494 e. The standard InChI is InChI=1S/C29H32N2O4/c1-4-6-17-34-27-16-13-21(18-28(27)32-3)29-31-25(23-9-7-8-10-26(23)35-29)19-24(30-31)20-11-14-22(15-12-20)33-5-2/h7-16,18,25,29H,4-6,17,19H2,1-3H3/t25-,29-/m1/s1. The van der Waals surface area contributed by atoms with Crippen molar-refractivity contribution in [2.24, 2.45) is 5.10 Å². The second-order valence-electron chi connectivity index (χ2n) is 8.72. The number of para-hydroxylation sites is 1. The molecule has 2 heterocycles. The SMILES string of the molecule is CCCCOc1ccc([C@H]2Oc3ccccc3[C@H]3CC(c4ccc(OCC)cc4)=NN32)cc1OC. The van der Waals surface area contributed by atoms with Gasteiger partial charge in [-0.25, -0.2) is 5.01 Å². The monoisotopic (exact) mass is 472 g/mol. The van der Waals surface area contributed by atoms with Crippen molar-refractivity contribution < 1.29 is 18.9 Å². The molecule has 0 N–H and O–H groups in total. The van der Waals surface area contributed by atoms with E-state index in [1.165, 1.54) is 0 Å². The predicted octanol–water partition coefficient (Wildman–Crippen LogP) is 6.52. The maximum atomic E-state index is 6.51. The summed E-state index contributed by atoms with van der Waals surface area (Å²) in [7, 11) is 1.67. The van der Waals surface area contributed by atoms with E-state index in [9.17, 15) is 0 Å². The van der Waals surface area contributed by atoms with E-state index in [0.717, 1.165) is 58.9 Å². The quantitative estimate of drug-likeness (QED) is 0.332. The number of hydrogen-bond donors (Lipinski definition) is 0. The molecule has 0 fully saturated rings. The summed E-state index contributed by atoms with van der Waals surface area (Å²) >= 11 is 0. The van der Waals surface area contributed by atoms with Crippen molar-refractivity contribution in [3.8, 4) is 23.0 Å². The van der Waals surface area contributed by atoms with Gasteiger partial charge in [0.05, 0.1) is 32.1 Å². The molecule has 5 rings (SSSR count). The maximum Gasteiger partial charge on any atom is 0.214 e. The number of methoxy groups -OCH3 is 1. The lowest BCUT2D eigenvalue weighted by Crippen LogP contribution is -2.33. The summed E-state index contributed by atoms with van der Waals surface area (Å²) in [6, 6.07) is 22.5. The molecule has 0 spiro atoms. The molecule has 0 amide bonds. The van der Waals surface area contributed by atoms with Crippen LogP contribution >= 0.6 is 0 Å². The summed E-state index contributed by atoms with van der Waals surface area (Å²) in [4.78, 5) is 0. The highest BCUT2D eigenvalue weighted by Gasteiger charge is 2.41. The van der Waals surface area contributed by atoms with Crippen LogP contribution in [0.1, 0.15) is 62.1 Å². The second-order valence-corrected chi connectivity index (χ2v) is 8.72. The number of hydrazone groups is 1. The van der Waals surface area contributed by atoms with Gasteiger partial charge >= 0.3 is 0 Å². The highest BCUT2D eigenvalue weighted by Crippen LogP contribution is 2.48. The molecule has 0 radical (unpaired) electrons. The van der Waals surface area contributed by atoms with Gasteiger partial charge in [-0.2, -0.15) is 5.10 Å². The van der Waals surface area contributed by atoms with Crippen molar-refractivity contribution in [1.29, 1.82) is 0 Å². The third-order valence-corrected chi connectivity index (χ3v) is 6.43. The zero-order valence-electron chi connectivity index (χ0n) is 20.6. The van der Waals surface area contributed by atoms with Gasteiger partial charge in [0.2, 0.25) is 6.23 Å². The third-order valence-electron chi connectivity index (χ3n) is 6.43. The van der Waals surface area contributed by atoms with Crippen molar-refractivity contribution in [3.05, 3.63) is 83.4 Å². The molecule has 0 aliphatic carbocycles. The molecule has 3 aromatic carbocycles. The first-order valence-electron chi connectivity index (χ1n) is 12.4. The number of hydrogen-bond acceptors (Lipinski definition) is 6. The van der Waals surface area contributed by atoms with E-state index in [-0.39, 0.29) is 12.3 Å². The van der Waals surface area contributed by atoms with Gasteiger partial charge < -0.3 is 18.9 Å². The molecule has 2 atom stereocenters. The Kier molecular flexibility index (Phi) is 6.80. The Morgan fingerprint density at radius 2 is 1.80 bits per heavy atom. The van der Waals surface area contributed by atoms with Gasteiger partial charge in [-0.3, -0.25) is 0 Å². The van der Waals surface area contributed by atoms with Gasteiger partial charge in [0.25, 0.3) is 0 Å². The molecule has 0 aromatic heterocycles. The fraction of sp³-hybridized carbons (Fsp3) is 0.345. The Balaban J connectivity index is 1.48. The van der Waals surface area contributed by atoms with E-state index in [2.05, 4.69) is 36.2 Å². The van der Waals surface area contributed by atoms with Crippen LogP contribution in [0.2, 0.25) is 0 Å². The fourth-order valence-corrected chi connectivity index (χ4v) is 4.62. The minimum atomic E-state index is -0.367. The van der Waals surface area contributed by atoms with E-state index in [0.29, 0.717) is 19.0 Å². The summed E-state index contributed by atoms with van der Waals surface area (Å²) in [5, 5.41) is 7.15. The van der Waals surface area contributed by atoms with Crippen LogP contribution in [0, 0.1) is 0 Å². The molecule has 2 aliphatic rings. The van der Waals surface area contributed by atoms with Crippen LogP contribution in [-0.2, 0) is 0 Å². The Morgan fingerprint density at radius 3 is 2.57 bits per heavy atom. The summed E-state index contributed by atoms with van der Waals surface area (Å²) in [5.74, 6) is 3.21. The molecule has 0 unspecified atom stereocenters. The number of rotatable bonds is 9. The number of ether oxygens (including phenoxy) is 4. The second kappa shape index (κ2) is 10.3. The average Bonchev–Trinajstić information content (AvgIpc) is 3.35. The first-order valence-corrected chi connectivity index (χ1v) is 12.4. The molecule has 2 aliphatic heterocycles. The van der Waals surface area contributed by atoms with Crippen molar-refractivity contribution >= 4 is 5.71 Å². The summed E-state index contributed by atoms with van der Waals surface area (Å²) < 4.78 is 23.7. The van der Waals surface area contributed by atoms with Crippen LogP contribution in [0.4, 0.5) is 0 Å². The zero-order chi connectivity index (χ0) is 24.2. The summed E-state index contributed by atoms with van der Waals surface area (Å²) in [6.45, 7) is 5.46. The van der Waals surface area contributed by atoms with Crippen molar-refractivity contribution in [2.45, 2.75) is 45.4 Å². The first-order chi connectivity index (χ1) is 17.2. The summed E-state index contributed by atoms with van der Waals surface area (Å²) in [5.41, 5.74) is 4.26. The van der Waals surface area contributed by atoms with E-state index < -0.39 is 0 Å². The largest absolute Gasteiger partial charge is 0.494 e. The molecule has 182 valence electrons. The number of nitrogens with zero attached hydrogens (tertiary/aromatic N) is 2. The van der Waals surface area contributed by atoms with Gasteiger partial charge in [0.1, 0.15) is 11.5 Å². The Bertz CT molecular complexity index is 1190. The number of fused-ring (bicyclic) bond motifs is 3. The van der Waals surface area contributed by atoms with Gasteiger partial charge in [0.15, 0.2) is 11.5 Å².